The summed E-state index contributed by atoms with van der Waals surface area (Å²) in [6, 6.07) is 8.41. The van der Waals surface area contributed by atoms with Gasteiger partial charge in [0, 0.05) is 37.6 Å². The van der Waals surface area contributed by atoms with Crippen LogP contribution in [0.4, 0.5) is 11.4 Å². The molecule has 1 N–H and O–H groups in total. The van der Waals surface area contributed by atoms with Crippen LogP contribution in [0.25, 0.3) is 0 Å². The Morgan fingerprint density at radius 1 is 0.900 bits per heavy atom. The minimum absolute atomic E-state index is 0.119. The van der Waals surface area contributed by atoms with Gasteiger partial charge in [-0.1, -0.05) is 6.92 Å². The van der Waals surface area contributed by atoms with Gasteiger partial charge in [0.05, 0.1) is 6.54 Å². The molecule has 0 radical (unpaired) electrons. The number of hydrogen-bond acceptors (Lipinski definition) is 4. The van der Waals surface area contributed by atoms with E-state index >= 15 is 0 Å². The zero-order chi connectivity index (χ0) is 20.8. The molecular weight excluding hydrogens is 372 g/mol. The van der Waals surface area contributed by atoms with Crippen LogP contribution in [0.1, 0.15) is 51.9 Å². The van der Waals surface area contributed by atoms with Gasteiger partial charge in [0.15, 0.2) is 0 Å². The van der Waals surface area contributed by atoms with E-state index in [1.54, 1.807) is 0 Å². The number of nitrogens with one attached hydrogen (secondary N) is 1. The summed E-state index contributed by atoms with van der Waals surface area (Å²) in [5.41, 5.74) is 2.19. The molecule has 0 aromatic heterocycles. The van der Waals surface area contributed by atoms with Crippen molar-refractivity contribution in [3.05, 3.63) is 24.3 Å². The predicted octanol–water partition coefficient (Wildman–Crippen LogP) is 4.06. The predicted molar refractivity (Wildman–Crippen MR) is 125 cm³/mol. The molecule has 30 heavy (non-hydrogen) atoms. The molecule has 166 valence electrons. The lowest BCUT2D eigenvalue weighted by Crippen LogP contribution is -2.45. The summed E-state index contributed by atoms with van der Waals surface area (Å²) in [5, 5.41) is 3.11. The number of benzene rings is 1. The molecule has 3 fully saturated rings. The standard InChI is InChI=1S/C25H40N4O/c1-21-11-16-27(17-12-21)18-22-6-5-13-28(19-22)20-25(30)26-23-7-9-24(10-8-23)29-14-3-2-4-15-29/h7-10,21-22H,2-6,11-20H2,1H3,(H,26,30). The third kappa shape index (κ3) is 6.21. The van der Waals surface area contributed by atoms with E-state index < -0.39 is 0 Å². The minimum atomic E-state index is 0.119. The average molecular weight is 413 g/mol. The molecule has 1 aromatic carbocycles. The van der Waals surface area contributed by atoms with E-state index in [0.717, 1.165) is 37.8 Å². The van der Waals surface area contributed by atoms with Crippen molar-refractivity contribution in [3.63, 3.8) is 0 Å². The maximum absolute atomic E-state index is 12.6. The minimum Gasteiger partial charge on any atom is -0.372 e. The maximum atomic E-state index is 12.6. The molecule has 3 aliphatic heterocycles. The second kappa shape index (κ2) is 10.6. The highest BCUT2D eigenvalue weighted by Crippen LogP contribution is 2.23. The zero-order valence-corrected chi connectivity index (χ0v) is 18.8. The highest BCUT2D eigenvalue weighted by molar-refractivity contribution is 5.92. The van der Waals surface area contributed by atoms with Crippen molar-refractivity contribution in [1.82, 2.24) is 9.80 Å². The van der Waals surface area contributed by atoms with Crippen molar-refractivity contribution >= 4 is 17.3 Å². The van der Waals surface area contributed by atoms with Crippen molar-refractivity contribution in [1.29, 1.82) is 0 Å². The van der Waals surface area contributed by atoms with Crippen LogP contribution in [-0.2, 0) is 4.79 Å². The molecule has 1 unspecified atom stereocenters. The highest BCUT2D eigenvalue weighted by Gasteiger charge is 2.25. The fourth-order valence-electron chi connectivity index (χ4n) is 5.37. The van der Waals surface area contributed by atoms with Gasteiger partial charge in [-0.2, -0.15) is 0 Å². The van der Waals surface area contributed by atoms with Crippen molar-refractivity contribution in [2.75, 3.05) is 62.6 Å². The first-order valence-electron chi connectivity index (χ1n) is 12.3. The van der Waals surface area contributed by atoms with E-state index in [-0.39, 0.29) is 5.91 Å². The number of carbonyl (C=O) groups is 1. The molecule has 0 saturated carbocycles. The van der Waals surface area contributed by atoms with Crippen LogP contribution < -0.4 is 10.2 Å². The van der Waals surface area contributed by atoms with E-state index in [4.69, 9.17) is 0 Å². The van der Waals surface area contributed by atoms with Crippen LogP contribution in [0.2, 0.25) is 0 Å². The Labute approximate surface area is 182 Å². The molecule has 3 aliphatic rings. The molecule has 5 heteroatoms. The number of piperidine rings is 3. The lowest BCUT2D eigenvalue weighted by atomic mass is 9.94. The quantitative estimate of drug-likeness (QED) is 0.765. The molecule has 3 saturated heterocycles. The molecule has 3 heterocycles. The summed E-state index contributed by atoms with van der Waals surface area (Å²) < 4.78 is 0. The second-order valence-electron chi connectivity index (χ2n) is 9.87. The molecule has 1 amide bonds. The van der Waals surface area contributed by atoms with E-state index in [2.05, 4.69) is 51.2 Å². The number of likely N-dealkylation sites (tertiary alicyclic amines) is 2. The third-order valence-corrected chi connectivity index (χ3v) is 7.24. The Morgan fingerprint density at radius 2 is 1.63 bits per heavy atom. The Morgan fingerprint density at radius 3 is 2.37 bits per heavy atom. The molecule has 4 rings (SSSR count). The van der Waals surface area contributed by atoms with Gasteiger partial charge in [-0.15, -0.1) is 0 Å². The van der Waals surface area contributed by atoms with Crippen molar-refractivity contribution in [3.8, 4) is 0 Å². The van der Waals surface area contributed by atoms with Gasteiger partial charge < -0.3 is 15.1 Å². The zero-order valence-electron chi connectivity index (χ0n) is 18.8. The lowest BCUT2D eigenvalue weighted by molar-refractivity contribution is -0.117. The maximum Gasteiger partial charge on any atom is 0.238 e. The molecule has 0 aliphatic carbocycles. The van der Waals surface area contributed by atoms with Gasteiger partial charge >= 0.3 is 0 Å². The number of amides is 1. The summed E-state index contributed by atoms with van der Waals surface area (Å²) >= 11 is 0. The Balaban J connectivity index is 1.21. The van der Waals surface area contributed by atoms with Crippen molar-refractivity contribution < 1.29 is 4.79 Å². The largest absolute Gasteiger partial charge is 0.372 e. The Bertz CT molecular complexity index is 662. The SMILES string of the molecule is CC1CCN(CC2CCCN(CC(=O)Nc3ccc(N4CCCCC4)cc3)C2)CC1. The number of anilines is 2. The fourth-order valence-corrected chi connectivity index (χ4v) is 5.37. The monoisotopic (exact) mass is 412 g/mol. The molecule has 5 nitrogen and oxygen atoms in total. The first-order chi connectivity index (χ1) is 14.7. The summed E-state index contributed by atoms with van der Waals surface area (Å²) in [6.45, 7) is 11.0. The Hall–Kier alpha value is -1.59. The molecule has 1 aromatic rings. The lowest BCUT2D eigenvalue weighted by Gasteiger charge is -2.37. The second-order valence-corrected chi connectivity index (χ2v) is 9.87. The number of hydrogen-bond donors (Lipinski definition) is 1. The van der Waals surface area contributed by atoms with E-state index in [0.29, 0.717) is 12.5 Å². The molecule has 1 atom stereocenters. The van der Waals surface area contributed by atoms with Gasteiger partial charge in [0.1, 0.15) is 0 Å². The molecule has 0 spiro atoms. The first-order valence-corrected chi connectivity index (χ1v) is 12.3. The van der Waals surface area contributed by atoms with Crippen LogP contribution in [0.3, 0.4) is 0 Å². The smallest absolute Gasteiger partial charge is 0.238 e. The van der Waals surface area contributed by atoms with Gasteiger partial charge in [-0.05, 0) is 101 Å². The summed E-state index contributed by atoms with van der Waals surface area (Å²) in [7, 11) is 0. The van der Waals surface area contributed by atoms with Gasteiger partial charge in [-0.25, -0.2) is 0 Å². The summed E-state index contributed by atoms with van der Waals surface area (Å²) in [4.78, 5) is 20.1. The van der Waals surface area contributed by atoms with Crippen molar-refractivity contribution in [2.45, 2.75) is 51.9 Å². The van der Waals surface area contributed by atoms with Crippen molar-refractivity contribution in [2.24, 2.45) is 11.8 Å². The average Bonchev–Trinajstić information content (AvgIpc) is 2.77. The van der Waals surface area contributed by atoms with E-state index in [1.165, 1.54) is 70.3 Å². The first kappa shape index (κ1) is 21.6. The third-order valence-electron chi connectivity index (χ3n) is 7.24. The van der Waals surface area contributed by atoms with E-state index in [9.17, 15) is 4.79 Å². The van der Waals surface area contributed by atoms with Gasteiger partial charge in [0.25, 0.3) is 0 Å². The molecular formula is C25H40N4O. The van der Waals surface area contributed by atoms with Crippen LogP contribution in [0, 0.1) is 11.8 Å². The highest BCUT2D eigenvalue weighted by atomic mass is 16.2. The van der Waals surface area contributed by atoms with Crippen LogP contribution in [0.5, 0.6) is 0 Å². The number of rotatable bonds is 6. The summed E-state index contributed by atoms with van der Waals surface area (Å²) in [6.07, 6.45) is 9.12. The molecule has 0 bridgehead atoms. The summed E-state index contributed by atoms with van der Waals surface area (Å²) in [5.74, 6) is 1.72. The normalized spacial score (nSPS) is 24.7. The van der Waals surface area contributed by atoms with Gasteiger partial charge in [0.2, 0.25) is 5.91 Å². The topological polar surface area (TPSA) is 38.8 Å². The fraction of sp³-hybridized carbons (Fsp3) is 0.720. The number of carbonyl (C=O) groups excluding carboxylic acids is 1. The van der Waals surface area contributed by atoms with Crippen LogP contribution >= 0.6 is 0 Å². The van der Waals surface area contributed by atoms with Crippen LogP contribution in [0.15, 0.2) is 24.3 Å². The number of nitrogens with zero attached hydrogens (tertiary/aromatic N) is 3. The van der Waals surface area contributed by atoms with Crippen LogP contribution in [-0.4, -0.2) is 68.1 Å². The Kier molecular flexibility index (Phi) is 7.67. The van der Waals surface area contributed by atoms with E-state index in [1.807, 2.05) is 0 Å². The van der Waals surface area contributed by atoms with Gasteiger partial charge in [-0.3, -0.25) is 9.69 Å².